The number of halogens is 3. The number of nitro benzene ring substituents is 1. The van der Waals surface area contributed by atoms with Gasteiger partial charge in [-0.2, -0.15) is 13.2 Å². The second-order valence-electron chi connectivity index (χ2n) is 6.11. The number of nitrogens with two attached hydrogens (primary N) is 1. The summed E-state index contributed by atoms with van der Waals surface area (Å²) in [6, 6.07) is 7.28. The first-order valence-corrected chi connectivity index (χ1v) is 8.17. The molecule has 2 aromatic carbocycles. The third kappa shape index (κ3) is 5.75. The molecule has 8 nitrogen and oxygen atoms in total. The van der Waals surface area contributed by atoms with Gasteiger partial charge in [-0.15, -0.1) is 0 Å². The number of nitro groups is 1. The molecule has 2 amide bonds. The summed E-state index contributed by atoms with van der Waals surface area (Å²) >= 11 is 0. The lowest BCUT2D eigenvalue weighted by Gasteiger charge is -2.18. The number of alkyl halides is 3. The van der Waals surface area contributed by atoms with E-state index >= 15 is 0 Å². The molecule has 2 atom stereocenters. The van der Waals surface area contributed by atoms with Crippen molar-refractivity contribution in [2.75, 3.05) is 0 Å². The van der Waals surface area contributed by atoms with E-state index in [4.69, 9.17) is 5.73 Å². The molecule has 2 rings (SSSR count). The fraction of sp³-hybridized carbons (Fsp3) is 0.222. The SMILES string of the molecule is NC(=O)[C@@H](Cc1ccc([N+](=O)[O-])cc1)NC(=O)[C@@H](O)c1ccc(C(F)(F)F)cc1. The molecule has 0 aliphatic rings. The lowest BCUT2D eigenvalue weighted by Crippen LogP contribution is -2.47. The monoisotopic (exact) mass is 411 g/mol. The van der Waals surface area contributed by atoms with Crippen LogP contribution < -0.4 is 11.1 Å². The minimum Gasteiger partial charge on any atom is -0.378 e. The molecule has 0 fully saturated rings. The van der Waals surface area contributed by atoms with Crippen molar-refractivity contribution in [1.29, 1.82) is 0 Å². The summed E-state index contributed by atoms with van der Waals surface area (Å²) in [5.74, 6) is -1.95. The number of carbonyl (C=O) groups excluding carboxylic acids is 2. The van der Waals surface area contributed by atoms with E-state index in [0.29, 0.717) is 17.7 Å². The zero-order chi connectivity index (χ0) is 21.8. The molecule has 0 saturated carbocycles. The summed E-state index contributed by atoms with van der Waals surface area (Å²) in [5, 5.41) is 22.9. The number of hydrogen-bond acceptors (Lipinski definition) is 5. The van der Waals surface area contributed by atoms with Gasteiger partial charge in [0.25, 0.3) is 11.6 Å². The molecule has 0 spiro atoms. The van der Waals surface area contributed by atoms with Crippen LogP contribution in [-0.2, 0) is 22.2 Å². The van der Waals surface area contributed by atoms with Gasteiger partial charge in [-0.25, -0.2) is 0 Å². The summed E-state index contributed by atoms with van der Waals surface area (Å²) in [5.41, 5.74) is 4.50. The van der Waals surface area contributed by atoms with Gasteiger partial charge < -0.3 is 16.2 Å². The number of amides is 2. The molecule has 0 heterocycles. The highest BCUT2D eigenvalue weighted by molar-refractivity contribution is 5.89. The highest BCUT2D eigenvalue weighted by atomic mass is 19.4. The van der Waals surface area contributed by atoms with Gasteiger partial charge in [0.1, 0.15) is 6.04 Å². The van der Waals surface area contributed by atoms with E-state index in [9.17, 15) is 38.0 Å². The van der Waals surface area contributed by atoms with E-state index in [0.717, 1.165) is 12.1 Å². The van der Waals surface area contributed by atoms with E-state index in [1.54, 1.807) is 0 Å². The third-order valence-electron chi connectivity index (χ3n) is 4.05. The smallest absolute Gasteiger partial charge is 0.378 e. The average Bonchev–Trinajstić information content (AvgIpc) is 2.66. The normalized spacial score (nSPS) is 13.4. The van der Waals surface area contributed by atoms with Crippen LogP contribution in [0.4, 0.5) is 18.9 Å². The lowest BCUT2D eigenvalue weighted by molar-refractivity contribution is -0.384. The molecular formula is C18H16F3N3O5. The Morgan fingerprint density at radius 1 is 1.10 bits per heavy atom. The van der Waals surface area contributed by atoms with Crippen LogP contribution in [0.1, 0.15) is 22.8 Å². The number of hydrogen-bond donors (Lipinski definition) is 3. The topological polar surface area (TPSA) is 136 Å². The number of nitrogens with one attached hydrogen (secondary N) is 1. The number of aliphatic hydroxyl groups is 1. The fourth-order valence-electron chi connectivity index (χ4n) is 2.47. The van der Waals surface area contributed by atoms with Gasteiger partial charge in [-0.1, -0.05) is 24.3 Å². The van der Waals surface area contributed by atoms with Crippen molar-refractivity contribution in [2.24, 2.45) is 5.73 Å². The fourth-order valence-corrected chi connectivity index (χ4v) is 2.47. The van der Waals surface area contributed by atoms with Crippen molar-refractivity contribution in [3.8, 4) is 0 Å². The Balaban J connectivity index is 2.08. The molecule has 0 aromatic heterocycles. The molecule has 0 unspecified atom stereocenters. The van der Waals surface area contributed by atoms with Crippen LogP contribution in [0.2, 0.25) is 0 Å². The van der Waals surface area contributed by atoms with Crippen LogP contribution in [0.3, 0.4) is 0 Å². The number of rotatable bonds is 7. The van der Waals surface area contributed by atoms with Gasteiger partial charge in [0.15, 0.2) is 6.10 Å². The standard InChI is InChI=1S/C18H16F3N3O5/c19-18(20,21)12-5-3-11(4-6-12)15(25)17(27)23-14(16(22)26)9-10-1-7-13(8-2-10)24(28)29/h1-8,14-15,25H,9H2,(H2,22,26)(H,23,27)/t14-,15+/m1/s1. The molecule has 4 N–H and O–H groups in total. The average molecular weight is 411 g/mol. The first-order chi connectivity index (χ1) is 13.5. The number of nitrogens with zero attached hydrogens (tertiary/aromatic N) is 1. The second kappa shape index (κ2) is 8.69. The first kappa shape index (κ1) is 21.8. The summed E-state index contributed by atoms with van der Waals surface area (Å²) in [6.07, 6.45) is -6.48. The van der Waals surface area contributed by atoms with Crippen molar-refractivity contribution < 1.29 is 32.8 Å². The Morgan fingerprint density at radius 3 is 2.10 bits per heavy atom. The lowest BCUT2D eigenvalue weighted by atomic mass is 10.0. The van der Waals surface area contributed by atoms with E-state index in [1.807, 2.05) is 0 Å². The van der Waals surface area contributed by atoms with Crippen LogP contribution in [0, 0.1) is 10.1 Å². The van der Waals surface area contributed by atoms with E-state index in [2.05, 4.69) is 5.32 Å². The van der Waals surface area contributed by atoms with Gasteiger partial charge in [-0.3, -0.25) is 19.7 Å². The minimum absolute atomic E-state index is 0.0984. The molecule has 154 valence electrons. The zero-order valence-electron chi connectivity index (χ0n) is 14.7. The quantitative estimate of drug-likeness (QED) is 0.472. The van der Waals surface area contributed by atoms with Gasteiger partial charge in [0.05, 0.1) is 10.5 Å². The summed E-state index contributed by atoms with van der Waals surface area (Å²) in [4.78, 5) is 33.9. The number of primary amides is 1. The van der Waals surface area contributed by atoms with Crippen molar-refractivity contribution in [2.45, 2.75) is 24.7 Å². The second-order valence-corrected chi connectivity index (χ2v) is 6.11. The van der Waals surface area contributed by atoms with Gasteiger partial charge in [0, 0.05) is 18.6 Å². The largest absolute Gasteiger partial charge is 0.416 e. The molecule has 2 aromatic rings. The Kier molecular flexibility index (Phi) is 6.54. The van der Waals surface area contributed by atoms with Crippen molar-refractivity contribution >= 4 is 17.5 Å². The Morgan fingerprint density at radius 2 is 1.66 bits per heavy atom. The van der Waals surface area contributed by atoms with Crippen molar-refractivity contribution in [1.82, 2.24) is 5.32 Å². The Bertz CT molecular complexity index is 898. The molecule has 0 saturated heterocycles. The Hall–Kier alpha value is -3.47. The molecule has 29 heavy (non-hydrogen) atoms. The highest BCUT2D eigenvalue weighted by Gasteiger charge is 2.31. The maximum Gasteiger partial charge on any atom is 0.416 e. The van der Waals surface area contributed by atoms with Crippen molar-refractivity contribution in [3.63, 3.8) is 0 Å². The van der Waals surface area contributed by atoms with Crippen LogP contribution in [0.15, 0.2) is 48.5 Å². The molecule has 0 bridgehead atoms. The maximum absolute atomic E-state index is 12.6. The zero-order valence-corrected chi connectivity index (χ0v) is 14.7. The van der Waals surface area contributed by atoms with Gasteiger partial charge >= 0.3 is 6.18 Å². The third-order valence-corrected chi connectivity index (χ3v) is 4.05. The molecule has 0 aliphatic carbocycles. The predicted molar refractivity (Wildman–Crippen MR) is 94.3 cm³/mol. The molecular weight excluding hydrogens is 395 g/mol. The van der Waals surface area contributed by atoms with Gasteiger partial charge in [-0.05, 0) is 23.3 Å². The van der Waals surface area contributed by atoms with Crippen LogP contribution in [0.5, 0.6) is 0 Å². The summed E-state index contributed by atoms with van der Waals surface area (Å²) < 4.78 is 37.8. The number of carbonyl (C=O) groups is 2. The maximum atomic E-state index is 12.6. The van der Waals surface area contributed by atoms with Crippen LogP contribution >= 0.6 is 0 Å². The summed E-state index contributed by atoms with van der Waals surface area (Å²) in [7, 11) is 0. The Labute approximate surface area is 162 Å². The number of benzene rings is 2. The molecule has 0 aliphatic heterocycles. The molecule has 11 heteroatoms. The van der Waals surface area contributed by atoms with Crippen LogP contribution in [-0.4, -0.2) is 27.9 Å². The number of non-ortho nitro benzene ring substituents is 1. The summed E-state index contributed by atoms with van der Waals surface area (Å²) in [6.45, 7) is 0. The predicted octanol–water partition coefficient (Wildman–Crippen LogP) is 1.86. The van der Waals surface area contributed by atoms with E-state index in [-0.39, 0.29) is 17.7 Å². The first-order valence-electron chi connectivity index (χ1n) is 8.17. The van der Waals surface area contributed by atoms with Crippen LogP contribution in [0.25, 0.3) is 0 Å². The highest BCUT2D eigenvalue weighted by Crippen LogP contribution is 2.30. The van der Waals surface area contributed by atoms with Gasteiger partial charge in [0.2, 0.25) is 5.91 Å². The van der Waals surface area contributed by atoms with Crippen molar-refractivity contribution in [3.05, 3.63) is 75.3 Å². The number of aliphatic hydroxyl groups excluding tert-OH is 1. The van der Waals surface area contributed by atoms with E-state index < -0.39 is 40.6 Å². The minimum atomic E-state index is -4.56. The molecule has 0 radical (unpaired) electrons. The van der Waals surface area contributed by atoms with E-state index in [1.165, 1.54) is 24.3 Å².